The molecule has 2 aliphatic rings. The summed E-state index contributed by atoms with van der Waals surface area (Å²) in [7, 11) is 4.07. The van der Waals surface area contributed by atoms with E-state index in [1.807, 2.05) is 0 Å². The third-order valence-corrected chi connectivity index (χ3v) is 5.45. The van der Waals surface area contributed by atoms with E-state index in [9.17, 15) is 18.8 Å². The van der Waals surface area contributed by atoms with Crippen molar-refractivity contribution in [1.29, 1.82) is 0 Å². The average molecular weight is 408 g/mol. The van der Waals surface area contributed by atoms with E-state index in [4.69, 9.17) is 14.2 Å². The lowest BCUT2D eigenvalue weighted by molar-refractivity contribution is -0.150. The third-order valence-electron chi connectivity index (χ3n) is 5.45. The van der Waals surface area contributed by atoms with E-state index in [-0.39, 0.29) is 28.7 Å². The fraction of sp³-hybridized carbons (Fsp3) is 0.550. The molecule has 1 heterocycles. The normalized spacial score (nSPS) is 18.0. The lowest BCUT2D eigenvalue weighted by Gasteiger charge is -2.29. The Balaban J connectivity index is 1.89. The molecule has 0 unspecified atom stereocenters. The highest BCUT2D eigenvalue weighted by atomic mass is 19.1. The number of esters is 1. The van der Waals surface area contributed by atoms with Crippen LogP contribution in [0, 0.1) is 5.41 Å². The first-order chi connectivity index (χ1) is 13.9. The number of piperidine rings is 1. The van der Waals surface area contributed by atoms with Crippen molar-refractivity contribution in [3.8, 4) is 11.5 Å². The summed E-state index contributed by atoms with van der Waals surface area (Å²) >= 11 is 0. The van der Waals surface area contributed by atoms with Gasteiger partial charge in [0.15, 0.2) is 11.5 Å². The van der Waals surface area contributed by atoms with Gasteiger partial charge in [-0.15, -0.1) is 0 Å². The molecule has 1 aliphatic heterocycles. The van der Waals surface area contributed by atoms with Crippen LogP contribution >= 0.6 is 0 Å². The van der Waals surface area contributed by atoms with Crippen LogP contribution in [0.25, 0.3) is 0 Å². The van der Waals surface area contributed by atoms with E-state index in [1.165, 1.54) is 33.5 Å². The van der Waals surface area contributed by atoms with Crippen LogP contribution in [0.4, 0.5) is 10.1 Å². The molecule has 1 aromatic rings. The standard InChI is InChI=1S/C20H25FN2O6/c1-27-15-11-12(17(24)23-8-4-13(21)5-9-23)10-14(16(15)28-2)22-18(25)20(6-7-20)19(26)29-3/h10-11,13H,4-9H2,1-3H3,(H,22,25). The van der Waals surface area contributed by atoms with Crippen LogP contribution in [-0.4, -0.2) is 63.3 Å². The van der Waals surface area contributed by atoms with Crippen LogP contribution in [0.1, 0.15) is 36.0 Å². The number of hydrogen-bond acceptors (Lipinski definition) is 6. The highest BCUT2D eigenvalue weighted by molar-refractivity contribution is 6.12. The number of nitrogens with one attached hydrogen (secondary N) is 1. The van der Waals surface area contributed by atoms with Crippen LogP contribution < -0.4 is 14.8 Å². The molecule has 0 atom stereocenters. The lowest BCUT2D eigenvalue weighted by atomic mass is 10.0. The molecule has 9 heteroatoms. The van der Waals surface area contributed by atoms with Gasteiger partial charge in [0.05, 0.1) is 27.0 Å². The second kappa shape index (κ2) is 8.26. The third kappa shape index (κ3) is 3.99. The Kier molecular flexibility index (Phi) is 5.95. The van der Waals surface area contributed by atoms with Gasteiger partial charge in [0.25, 0.3) is 5.91 Å². The summed E-state index contributed by atoms with van der Waals surface area (Å²) in [6, 6.07) is 3.00. The molecule has 1 aromatic carbocycles. The Morgan fingerprint density at radius 1 is 1.10 bits per heavy atom. The summed E-state index contributed by atoms with van der Waals surface area (Å²) in [5.74, 6) is -0.908. The largest absolute Gasteiger partial charge is 0.493 e. The first-order valence-electron chi connectivity index (χ1n) is 9.45. The fourth-order valence-electron chi connectivity index (χ4n) is 3.50. The van der Waals surface area contributed by atoms with E-state index < -0.39 is 23.5 Å². The highest BCUT2D eigenvalue weighted by Gasteiger charge is 2.58. The Hall–Kier alpha value is -2.84. The minimum Gasteiger partial charge on any atom is -0.493 e. The molecule has 2 fully saturated rings. The monoisotopic (exact) mass is 408 g/mol. The lowest BCUT2D eigenvalue weighted by Crippen LogP contribution is -2.39. The molecule has 1 saturated carbocycles. The molecule has 0 radical (unpaired) electrons. The van der Waals surface area contributed by atoms with Gasteiger partial charge in [-0.25, -0.2) is 4.39 Å². The quantitative estimate of drug-likeness (QED) is 0.573. The van der Waals surface area contributed by atoms with Gasteiger partial charge in [-0.05, 0) is 37.8 Å². The van der Waals surface area contributed by atoms with Crippen molar-refractivity contribution in [3.05, 3.63) is 17.7 Å². The summed E-state index contributed by atoms with van der Waals surface area (Å²) in [5.41, 5.74) is -0.718. The SMILES string of the molecule is COC(=O)C1(C(=O)Nc2cc(C(=O)N3CCC(F)CC3)cc(OC)c2OC)CC1. The number of nitrogens with zero attached hydrogens (tertiary/aromatic N) is 1. The topological polar surface area (TPSA) is 94.2 Å². The van der Waals surface area contributed by atoms with Gasteiger partial charge >= 0.3 is 5.97 Å². The fourth-order valence-corrected chi connectivity index (χ4v) is 3.50. The van der Waals surface area contributed by atoms with Gasteiger partial charge < -0.3 is 24.4 Å². The predicted molar refractivity (Wildman–Crippen MR) is 102 cm³/mol. The maximum Gasteiger partial charge on any atom is 0.321 e. The molecule has 2 amide bonds. The molecule has 0 spiro atoms. The number of hydrogen-bond donors (Lipinski definition) is 1. The molecule has 8 nitrogen and oxygen atoms in total. The number of anilines is 1. The van der Waals surface area contributed by atoms with E-state index in [0.717, 1.165) is 0 Å². The van der Waals surface area contributed by atoms with Crippen molar-refractivity contribution in [2.45, 2.75) is 31.9 Å². The molecule has 29 heavy (non-hydrogen) atoms. The van der Waals surface area contributed by atoms with Crippen LogP contribution in [0.3, 0.4) is 0 Å². The predicted octanol–water partition coefficient (Wildman–Crippen LogP) is 2.17. The number of carbonyl (C=O) groups is 3. The second-order valence-electron chi connectivity index (χ2n) is 7.25. The molecule has 158 valence electrons. The molecule has 1 N–H and O–H groups in total. The highest BCUT2D eigenvalue weighted by Crippen LogP contribution is 2.48. The Morgan fingerprint density at radius 3 is 2.28 bits per heavy atom. The molecular weight excluding hydrogens is 383 g/mol. The van der Waals surface area contributed by atoms with Crippen molar-refractivity contribution in [2.75, 3.05) is 39.7 Å². The van der Waals surface area contributed by atoms with Crippen molar-refractivity contribution in [2.24, 2.45) is 5.41 Å². The average Bonchev–Trinajstić information content (AvgIpc) is 3.54. The summed E-state index contributed by atoms with van der Waals surface area (Å²) in [5, 5.41) is 2.68. The Labute approximate surface area is 168 Å². The molecule has 0 aromatic heterocycles. The molecular formula is C20H25FN2O6. The van der Waals surface area contributed by atoms with Gasteiger partial charge in [0.2, 0.25) is 5.91 Å². The van der Waals surface area contributed by atoms with E-state index in [2.05, 4.69) is 5.32 Å². The summed E-state index contributed by atoms with van der Waals surface area (Å²) in [6.07, 6.45) is 0.477. The number of methoxy groups -OCH3 is 3. The van der Waals surface area contributed by atoms with Crippen molar-refractivity contribution >= 4 is 23.5 Å². The molecule has 1 saturated heterocycles. The number of halogens is 1. The smallest absolute Gasteiger partial charge is 0.321 e. The zero-order valence-electron chi connectivity index (χ0n) is 16.7. The molecule has 3 rings (SSSR count). The number of benzene rings is 1. The van der Waals surface area contributed by atoms with E-state index in [0.29, 0.717) is 38.8 Å². The van der Waals surface area contributed by atoms with E-state index in [1.54, 1.807) is 4.90 Å². The Morgan fingerprint density at radius 2 is 1.76 bits per heavy atom. The van der Waals surface area contributed by atoms with Crippen LogP contribution in [0.5, 0.6) is 11.5 Å². The number of alkyl halides is 1. The van der Waals surface area contributed by atoms with Gasteiger partial charge in [-0.1, -0.05) is 0 Å². The van der Waals surface area contributed by atoms with Crippen LogP contribution in [0.15, 0.2) is 12.1 Å². The van der Waals surface area contributed by atoms with Crippen LogP contribution in [-0.2, 0) is 14.3 Å². The first kappa shape index (κ1) is 20.9. The minimum absolute atomic E-state index is 0.218. The summed E-state index contributed by atoms with van der Waals surface area (Å²) in [6.45, 7) is 0.642. The number of amides is 2. The minimum atomic E-state index is -1.21. The molecule has 1 aliphatic carbocycles. The Bertz CT molecular complexity index is 815. The zero-order chi connectivity index (χ0) is 21.2. The van der Waals surface area contributed by atoms with Crippen molar-refractivity contribution in [1.82, 2.24) is 4.90 Å². The maximum absolute atomic E-state index is 13.4. The van der Waals surface area contributed by atoms with Gasteiger partial charge in [0, 0.05) is 18.7 Å². The number of likely N-dealkylation sites (tertiary alicyclic amines) is 1. The van der Waals surface area contributed by atoms with Gasteiger partial charge in [-0.2, -0.15) is 0 Å². The van der Waals surface area contributed by atoms with Gasteiger partial charge in [-0.3, -0.25) is 14.4 Å². The second-order valence-corrected chi connectivity index (χ2v) is 7.25. The number of ether oxygens (including phenoxy) is 3. The first-order valence-corrected chi connectivity index (χ1v) is 9.45. The zero-order valence-corrected chi connectivity index (χ0v) is 16.7. The van der Waals surface area contributed by atoms with Crippen molar-refractivity contribution in [3.63, 3.8) is 0 Å². The molecule has 0 bridgehead atoms. The van der Waals surface area contributed by atoms with Crippen molar-refractivity contribution < 1.29 is 33.0 Å². The van der Waals surface area contributed by atoms with E-state index >= 15 is 0 Å². The number of carbonyl (C=O) groups excluding carboxylic acids is 3. The number of rotatable bonds is 6. The summed E-state index contributed by atoms with van der Waals surface area (Å²) < 4.78 is 28.8. The van der Waals surface area contributed by atoms with Crippen LogP contribution in [0.2, 0.25) is 0 Å². The van der Waals surface area contributed by atoms with Gasteiger partial charge in [0.1, 0.15) is 11.6 Å². The summed E-state index contributed by atoms with van der Waals surface area (Å²) in [4.78, 5) is 39.2. The maximum atomic E-state index is 13.4.